The first-order chi connectivity index (χ1) is 15.1. The third kappa shape index (κ3) is 5.52. The lowest BCUT2D eigenvalue weighted by Gasteiger charge is -2.25. The van der Waals surface area contributed by atoms with Gasteiger partial charge in [0.2, 0.25) is 0 Å². The summed E-state index contributed by atoms with van der Waals surface area (Å²) < 4.78 is 0. The first kappa shape index (κ1) is 23.0. The van der Waals surface area contributed by atoms with Crippen molar-refractivity contribution in [3.63, 3.8) is 0 Å². The van der Waals surface area contributed by atoms with Gasteiger partial charge in [-0.1, -0.05) is 87.6 Å². The molecule has 0 aliphatic heterocycles. The summed E-state index contributed by atoms with van der Waals surface area (Å²) in [5, 5.41) is 0.955. The molecular weight excluding hydrogens is 380 g/mol. The van der Waals surface area contributed by atoms with Crippen LogP contribution in [0.5, 0.6) is 0 Å². The molecule has 0 radical (unpaired) electrons. The molecule has 0 atom stereocenters. The Morgan fingerprint density at radius 1 is 0.839 bits per heavy atom. The Labute approximate surface area is 187 Å². The van der Waals surface area contributed by atoms with Crippen molar-refractivity contribution in [2.75, 3.05) is 13.1 Å². The fourth-order valence-electron chi connectivity index (χ4n) is 4.15. The average Bonchev–Trinajstić information content (AvgIpc) is 2.78. The SMILES string of the molecule is CCCCCN(CCCCC)C(=O)c1c(C)c(-c2ccc(C)cc2)nc2ccccc12. The number of hydrogen-bond donors (Lipinski definition) is 0. The molecule has 2 aromatic carbocycles. The van der Waals surface area contributed by atoms with Crippen LogP contribution in [0.25, 0.3) is 22.2 Å². The predicted molar refractivity (Wildman–Crippen MR) is 132 cm³/mol. The van der Waals surface area contributed by atoms with Crippen molar-refractivity contribution in [3.8, 4) is 11.3 Å². The molecular formula is C28H36N2O. The Hall–Kier alpha value is -2.68. The standard InChI is InChI=1S/C28H36N2O/c1-5-7-11-19-30(20-12-8-6-2)28(31)26-22(4)27(23-17-15-21(3)16-18-23)29-25-14-10-9-13-24(25)26/h9-10,13-18H,5-8,11-12,19-20H2,1-4H3. The van der Waals surface area contributed by atoms with Gasteiger partial charge in [-0.15, -0.1) is 0 Å². The maximum absolute atomic E-state index is 13.9. The fourth-order valence-corrected chi connectivity index (χ4v) is 4.15. The highest BCUT2D eigenvalue weighted by Gasteiger charge is 2.23. The second-order valence-electron chi connectivity index (χ2n) is 8.55. The normalized spacial score (nSPS) is 11.1. The number of hydrogen-bond acceptors (Lipinski definition) is 2. The number of aromatic nitrogens is 1. The number of aryl methyl sites for hydroxylation is 1. The van der Waals surface area contributed by atoms with Crippen molar-refractivity contribution in [3.05, 3.63) is 65.2 Å². The second kappa shape index (κ2) is 11.1. The van der Waals surface area contributed by atoms with Crippen LogP contribution in [0.3, 0.4) is 0 Å². The van der Waals surface area contributed by atoms with Gasteiger partial charge in [-0.25, -0.2) is 4.98 Å². The van der Waals surface area contributed by atoms with Crippen LogP contribution in [0.4, 0.5) is 0 Å². The maximum atomic E-state index is 13.9. The maximum Gasteiger partial charge on any atom is 0.254 e. The lowest BCUT2D eigenvalue weighted by Crippen LogP contribution is -2.33. The topological polar surface area (TPSA) is 33.2 Å². The highest BCUT2D eigenvalue weighted by Crippen LogP contribution is 2.31. The molecule has 3 heteroatoms. The van der Waals surface area contributed by atoms with Gasteiger partial charge in [0, 0.05) is 24.0 Å². The van der Waals surface area contributed by atoms with Crippen molar-refractivity contribution in [2.24, 2.45) is 0 Å². The number of rotatable bonds is 10. The molecule has 0 saturated heterocycles. The molecule has 1 amide bonds. The summed E-state index contributed by atoms with van der Waals surface area (Å²) in [6.07, 6.45) is 6.74. The van der Waals surface area contributed by atoms with Gasteiger partial charge in [0.1, 0.15) is 0 Å². The van der Waals surface area contributed by atoms with Gasteiger partial charge in [-0.3, -0.25) is 4.79 Å². The number of unbranched alkanes of at least 4 members (excludes halogenated alkanes) is 4. The third-order valence-electron chi connectivity index (χ3n) is 6.03. The fraction of sp³-hybridized carbons (Fsp3) is 0.429. The number of carbonyl (C=O) groups is 1. The van der Waals surface area contributed by atoms with E-state index in [-0.39, 0.29) is 5.91 Å². The molecule has 0 N–H and O–H groups in total. The van der Waals surface area contributed by atoms with Crippen LogP contribution in [0.1, 0.15) is 73.9 Å². The van der Waals surface area contributed by atoms with E-state index in [1.165, 1.54) is 5.56 Å². The van der Waals surface area contributed by atoms with Gasteiger partial charge in [0.25, 0.3) is 5.91 Å². The second-order valence-corrected chi connectivity index (χ2v) is 8.55. The zero-order valence-electron chi connectivity index (χ0n) is 19.6. The van der Waals surface area contributed by atoms with Gasteiger partial charge in [0.15, 0.2) is 0 Å². The van der Waals surface area contributed by atoms with Crippen LogP contribution in [0.15, 0.2) is 48.5 Å². The zero-order chi connectivity index (χ0) is 22.2. The quantitative estimate of drug-likeness (QED) is 0.324. The summed E-state index contributed by atoms with van der Waals surface area (Å²) in [5.41, 5.74) is 5.86. The molecule has 3 aromatic rings. The number of benzene rings is 2. The Morgan fingerprint density at radius 2 is 1.45 bits per heavy atom. The van der Waals surface area contributed by atoms with E-state index in [1.54, 1.807) is 0 Å². The molecule has 0 aliphatic carbocycles. The van der Waals surface area contributed by atoms with Crippen LogP contribution in [-0.4, -0.2) is 28.9 Å². The number of amides is 1. The highest BCUT2D eigenvalue weighted by molar-refractivity contribution is 6.08. The molecule has 0 aliphatic rings. The van der Waals surface area contributed by atoms with Gasteiger partial charge in [-0.2, -0.15) is 0 Å². The van der Waals surface area contributed by atoms with Crippen LogP contribution >= 0.6 is 0 Å². The summed E-state index contributed by atoms with van der Waals surface area (Å²) in [4.78, 5) is 20.9. The lowest BCUT2D eigenvalue weighted by atomic mass is 9.96. The number of carbonyl (C=O) groups excluding carboxylic acids is 1. The Kier molecular flexibility index (Phi) is 8.22. The number of pyridine rings is 1. The Bertz CT molecular complexity index is 997. The summed E-state index contributed by atoms with van der Waals surface area (Å²) in [5.74, 6) is 0.150. The van der Waals surface area contributed by atoms with E-state index >= 15 is 0 Å². The van der Waals surface area contributed by atoms with Crippen molar-refractivity contribution in [1.29, 1.82) is 0 Å². The molecule has 3 nitrogen and oxygen atoms in total. The van der Waals surface area contributed by atoms with Crippen LogP contribution in [-0.2, 0) is 0 Å². The molecule has 0 spiro atoms. The highest BCUT2D eigenvalue weighted by atomic mass is 16.2. The van der Waals surface area contributed by atoms with E-state index in [1.807, 2.05) is 24.3 Å². The van der Waals surface area contributed by atoms with Crippen LogP contribution < -0.4 is 0 Å². The number of fused-ring (bicyclic) bond motifs is 1. The zero-order valence-corrected chi connectivity index (χ0v) is 19.6. The first-order valence-corrected chi connectivity index (χ1v) is 11.8. The molecule has 0 bridgehead atoms. The van der Waals surface area contributed by atoms with E-state index in [0.717, 1.165) is 84.9 Å². The van der Waals surface area contributed by atoms with E-state index in [0.29, 0.717) is 0 Å². The van der Waals surface area contributed by atoms with Crippen molar-refractivity contribution < 1.29 is 4.79 Å². The van der Waals surface area contributed by atoms with Crippen LogP contribution in [0, 0.1) is 13.8 Å². The lowest BCUT2D eigenvalue weighted by molar-refractivity contribution is 0.0751. The molecule has 1 heterocycles. The summed E-state index contributed by atoms with van der Waals surface area (Å²) >= 11 is 0. The minimum atomic E-state index is 0.150. The van der Waals surface area contributed by atoms with Gasteiger partial charge < -0.3 is 4.90 Å². The van der Waals surface area contributed by atoms with E-state index in [2.05, 4.69) is 56.9 Å². The molecule has 3 rings (SSSR count). The Morgan fingerprint density at radius 3 is 2.06 bits per heavy atom. The smallest absolute Gasteiger partial charge is 0.254 e. The van der Waals surface area contributed by atoms with E-state index < -0.39 is 0 Å². The summed E-state index contributed by atoms with van der Waals surface area (Å²) in [6.45, 7) is 10.2. The van der Waals surface area contributed by atoms with Crippen molar-refractivity contribution in [2.45, 2.75) is 66.2 Å². The first-order valence-electron chi connectivity index (χ1n) is 11.8. The third-order valence-corrected chi connectivity index (χ3v) is 6.03. The number of para-hydroxylation sites is 1. The van der Waals surface area contributed by atoms with E-state index in [4.69, 9.17) is 4.98 Å². The minimum Gasteiger partial charge on any atom is -0.339 e. The monoisotopic (exact) mass is 416 g/mol. The number of nitrogens with zero attached hydrogens (tertiary/aromatic N) is 2. The molecule has 0 fully saturated rings. The molecule has 31 heavy (non-hydrogen) atoms. The minimum absolute atomic E-state index is 0.150. The van der Waals surface area contributed by atoms with Gasteiger partial charge >= 0.3 is 0 Å². The van der Waals surface area contributed by atoms with E-state index in [9.17, 15) is 4.79 Å². The largest absolute Gasteiger partial charge is 0.339 e. The van der Waals surface area contributed by atoms with Crippen molar-refractivity contribution in [1.82, 2.24) is 9.88 Å². The molecule has 0 unspecified atom stereocenters. The van der Waals surface area contributed by atoms with Gasteiger partial charge in [0.05, 0.1) is 16.8 Å². The summed E-state index contributed by atoms with van der Waals surface area (Å²) in [7, 11) is 0. The Balaban J connectivity index is 2.07. The van der Waals surface area contributed by atoms with Crippen molar-refractivity contribution >= 4 is 16.8 Å². The predicted octanol–water partition coefficient (Wildman–Crippen LogP) is 7.34. The van der Waals surface area contributed by atoms with Gasteiger partial charge in [-0.05, 0) is 38.3 Å². The average molecular weight is 417 g/mol. The molecule has 164 valence electrons. The molecule has 1 aromatic heterocycles. The van der Waals surface area contributed by atoms with Crippen LogP contribution in [0.2, 0.25) is 0 Å². The summed E-state index contributed by atoms with van der Waals surface area (Å²) in [6, 6.07) is 16.5. The molecule has 0 saturated carbocycles.